The number of methoxy groups -OCH3 is 1. The van der Waals surface area contributed by atoms with Gasteiger partial charge in [0.1, 0.15) is 0 Å². The minimum atomic E-state index is 0.200. The highest BCUT2D eigenvalue weighted by Crippen LogP contribution is 2.23. The molecule has 14 heavy (non-hydrogen) atoms. The molecule has 0 aliphatic carbocycles. The Bertz CT molecular complexity index is 439. The first-order valence-electron chi connectivity index (χ1n) is 3.98. The monoisotopic (exact) mass is 191 g/mol. The van der Waals surface area contributed by atoms with Crippen LogP contribution in [0.2, 0.25) is 0 Å². The molecule has 72 valence electrons. The van der Waals surface area contributed by atoms with Gasteiger partial charge in [-0.3, -0.25) is 5.10 Å². The fourth-order valence-electron chi connectivity index (χ4n) is 1.13. The van der Waals surface area contributed by atoms with Crippen LogP contribution in [0.4, 0.5) is 5.95 Å². The number of aromatic nitrogens is 4. The predicted molar refractivity (Wildman–Crippen MR) is 50.6 cm³/mol. The van der Waals surface area contributed by atoms with E-state index in [-0.39, 0.29) is 5.95 Å². The minimum absolute atomic E-state index is 0.200. The lowest BCUT2D eigenvalue weighted by atomic mass is 10.2. The van der Waals surface area contributed by atoms with Crippen LogP contribution in [0.25, 0.3) is 11.4 Å². The number of aromatic amines is 1. The largest absolute Gasteiger partial charge is 0.480 e. The van der Waals surface area contributed by atoms with E-state index in [1.807, 2.05) is 6.07 Å². The smallest absolute Gasteiger partial charge is 0.239 e. The maximum absolute atomic E-state index is 5.39. The van der Waals surface area contributed by atoms with Crippen LogP contribution < -0.4 is 10.5 Å². The van der Waals surface area contributed by atoms with Gasteiger partial charge in [-0.25, -0.2) is 4.98 Å². The summed E-state index contributed by atoms with van der Waals surface area (Å²) in [6, 6.07) is 3.61. The Morgan fingerprint density at radius 1 is 1.50 bits per heavy atom. The lowest BCUT2D eigenvalue weighted by Crippen LogP contribution is -1.92. The molecule has 0 amide bonds. The van der Waals surface area contributed by atoms with E-state index < -0.39 is 0 Å². The number of nitrogens with two attached hydrogens (primary N) is 1. The second kappa shape index (κ2) is 3.33. The van der Waals surface area contributed by atoms with Crippen molar-refractivity contribution in [2.24, 2.45) is 0 Å². The number of hydrogen-bond acceptors (Lipinski definition) is 5. The Morgan fingerprint density at radius 3 is 3.00 bits per heavy atom. The second-order valence-electron chi connectivity index (χ2n) is 2.60. The molecule has 0 saturated carbocycles. The molecule has 0 bridgehead atoms. The number of ether oxygens (including phenoxy) is 1. The number of nitrogens with zero attached hydrogens (tertiary/aromatic N) is 3. The molecule has 2 heterocycles. The third-order valence-corrected chi connectivity index (χ3v) is 1.72. The summed E-state index contributed by atoms with van der Waals surface area (Å²) in [6.07, 6.45) is 1.64. The quantitative estimate of drug-likeness (QED) is 0.719. The van der Waals surface area contributed by atoms with Crippen molar-refractivity contribution >= 4 is 5.95 Å². The van der Waals surface area contributed by atoms with Crippen molar-refractivity contribution in [1.82, 2.24) is 20.2 Å². The first kappa shape index (κ1) is 8.49. The molecular weight excluding hydrogens is 182 g/mol. The van der Waals surface area contributed by atoms with Crippen LogP contribution in [-0.2, 0) is 0 Å². The summed E-state index contributed by atoms with van der Waals surface area (Å²) < 4.78 is 5.07. The Hall–Kier alpha value is -2.11. The molecule has 0 atom stereocenters. The number of rotatable bonds is 2. The van der Waals surface area contributed by atoms with Gasteiger partial charge in [-0.1, -0.05) is 0 Å². The summed E-state index contributed by atoms with van der Waals surface area (Å²) in [6.45, 7) is 0. The number of anilines is 1. The van der Waals surface area contributed by atoms with Crippen molar-refractivity contribution in [3.8, 4) is 17.3 Å². The highest BCUT2D eigenvalue weighted by atomic mass is 16.5. The zero-order valence-corrected chi connectivity index (χ0v) is 7.56. The van der Waals surface area contributed by atoms with Crippen molar-refractivity contribution < 1.29 is 4.74 Å². The summed E-state index contributed by atoms with van der Waals surface area (Å²) in [4.78, 5) is 8.01. The number of nitrogen functional groups attached to an aromatic ring is 1. The molecule has 2 aromatic heterocycles. The highest BCUT2D eigenvalue weighted by molar-refractivity contribution is 5.61. The molecule has 0 aliphatic heterocycles. The van der Waals surface area contributed by atoms with Gasteiger partial charge in [0.15, 0.2) is 5.82 Å². The molecule has 0 radical (unpaired) electrons. The normalized spacial score (nSPS) is 10.1. The molecule has 0 spiro atoms. The van der Waals surface area contributed by atoms with Crippen molar-refractivity contribution in [3.63, 3.8) is 0 Å². The minimum Gasteiger partial charge on any atom is -0.480 e. The van der Waals surface area contributed by atoms with Crippen molar-refractivity contribution in [2.75, 3.05) is 12.8 Å². The standard InChI is InChI=1S/C8H9N5O/c1-14-7-5(3-2-4-10-7)6-11-8(9)13-12-6/h2-4H,1H3,(H3,9,11,12,13). The summed E-state index contributed by atoms with van der Waals surface area (Å²) in [7, 11) is 1.55. The highest BCUT2D eigenvalue weighted by Gasteiger charge is 2.09. The van der Waals surface area contributed by atoms with Crippen LogP contribution in [0.1, 0.15) is 0 Å². The summed E-state index contributed by atoms with van der Waals surface area (Å²) in [5.41, 5.74) is 6.13. The van der Waals surface area contributed by atoms with Crippen molar-refractivity contribution in [2.45, 2.75) is 0 Å². The third kappa shape index (κ3) is 1.37. The van der Waals surface area contributed by atoms with Gasteiger partial charge in [-0.05, 0) is 12.1 Å². The van der Waals surface area contributed by atoms with Gasteiger partial charge in [-0.2, -0.15) is 4.98 Å². The fraction of sp³-hybridized carbons (Fsp3) is 0.125. The average Bonchev–Trinajstić information content (AvgIpc) is 2.65. The third-order valence-electron chi connectivity index (χ3n) is 1.72. The maximum Gasteiger partial charge on any atom is 0.239 e. The first-order chi connectivity index (χ1) is 6.81. The van der Waals surface area contributed by atoms with E-state index in [9.17, 15) is 0 Å². The number of pyridine rings is 1. The van der Waals surface area contributed by atoms with Crippen LogP contribution in [0.3, 0.4) is 0 Å². The molecule has 0 aromatic carbocycles. The maximum atomic E-state index is 5.39. The SMILES string of the molecule is COc1ncccc1-c1nc(N)n[nH]1. The number of hydrogen-bond donors (Lipinski definition) is 2. The lowest BCUT2D eigenvalue weighted by molar-refractivity contribution is 0.399. The Morgan fingerprint density at radius 2 is 2.36 bits per heavy atom. The Balaban J connectivity index is 2.50. The van der Waals surface area contributed by atoms with Crippen LogP contribution >= 0.6 is 0 Å². The van der Waals surface area contributed by atoms with E-state index in [2.05, 4.69) is 20.2 Å². The molecular formula is C8H9N5O. The van der Waals surface area contributed by atoms with Gasteiger partial charge >= 0.3 is 0 Å². The average molecular weight is 191 g/mol. The predicted octanol–water partition coefficient (Wildman–Crippen LogP) is 0.457. The second-order valence-corrected chi connectivity index (χ2v) is 2.60. The first-order valence-corrected chi connectivity index (χ1v) is 3.98. The van der Waals surface area contributed by atoms with Gasteiger partial charge in [0.05, 0.1) is 12.7 Å². The Labute approximate surface area is 80.1 Å². The van der Waals surface area contributed by atoms with Crippen molar-refractivity contribution in [1.29, 1.82) is 0 Å². The summed E-state index contributed by atoms with van der Waals surface area (Å²) in [5, 5.41) is 6.42. The summed E-state index contributed by atoms with van der Waals surface area (Å²) in [5.74, 6) is 1.24. The van der Waals surface area contributed by atoms with Crippen molar-refractivity contribution in [3.05, 3.63) is 18.3 Å². The van der Waals surface area contributed by atoms with Gasteiger partial charge in [0, 0.05) is 6.20 Å². The molecule has 0 fully saturated rings. The van der Waals surface area contributed by atoms with E-state index in [4.69, 9.17) is 10.5 Å². The Kier molecular flexibility index (Phi) is 2.02. The molecule has 3 N–H and O–H groups in total. The van der Waals surface area contributed by atoms with Crippen LogP contribution in [0.5, 0.6) is 5.88 Å². The molecule has 6 heteroatoms. The molecule has 0 unspecified atom stereocenters. The lowest BCUT2D eigenvalue weighted by Gasteiger charge is -2.02. The van der Waals surface area contributed by atoms with E-state index in [1.165, 1.54) is 0 Å². The molecule has 0 aliphatic rings. The van der Waals surface area contributed by atoms with Gasteiger partial charge in [-0.15, -0.1) is 5.10 Å². The van der Waals surface area contributed by atoms with E-state index in [0.717, 1.165) is 5.56 Å². The molecule has 2 aromatic rings. The van der Waals surface area contributed by atoms with Crippen LogP contribution in [0, 0.1) is 0 Å². The number of nitrogens with one attached hydrogen (secondary N) is 1. The fourth-order valence-corrected chi connectivity index (χ4v) is 1.13. The zero-order valence-electron chi connectivity index (χ0n) is 7.56. The van der Waals surface area contributed by atoms with Gasteiger partial charge in [0.2, 0.25) is 11.8 Å². The molecule has 0 saturated heterocycles. The zero-order chi connectivity index (χ0) is 9.97. The van der Waals surface area contributed by atoms with E-state index in [1.54, 1.807) is 19.4 Å². The van der Waals surface area contributed by atoms with E-state index in [0.29, 0.717) is 11.7 Å². The van der Waals surface area contributed by atoms with Crippen LogP contribution in [0.15, 0.2) is 18.3 Å². The van der Waals surface area contributed by atoms with Gasteiger partial charge < -0.3 is 10.5 Å². The summed E-state index contributed by atoms with van der Waals surface area (Å²) >= 11 is 0. The molecule has 6 nitrogen and oxygen atoms in total. The van der Waals surface area contributed by atoms with E-state index >= 15 is 0 Å². The molecule has 2 rings (SSSR count). The topological polar surface area (TPSA) is 89.7 Å². The number of H-pyrrole nitrogens is 1. The van der Waals surface area contributed by atoms with Crippen LogP contribution in [-0.4, -0.2) is 27.3 Å². The van der Waals surface area contributed by atoms with Gasteiger partial charge in [0.25, 0.3) is 0 Å².